The molecule has 112 heavy (non-hydrogen) atoms. The number of H-pyrrole nitrogens is 1. The van der Waals surface area contributed by atoms with E-state index < -0.39 is 0 Å². The summed E-state index contributed by atoms with van der Waals surface area (Å²) in [4.78, 5) is 25.7. The summed E-state index contributed by atoms with van der Waals surface area (Å²) in [6.07, 6.45) is 3.57. The van der Waals surface area contributed by atoms with E-state index in [1.807, 2.05) is 209 Å². The minimum Gasteiger partial charge on any atom is -0.490 e. The fourth-order valence-corrected chi connectivity index (χ4v) is 11.9. The largest absolute Gasteiger partial charge is 0.490 e. The van der Waals surface area contributed by atoms with Crippen molar-refractivity contribution in [3.8, 4) is 137 Å². The molecule has 0 spiro atoms. The van der Waals surface area contributed by atoms with Gasteiger partial charge >= 0.3 is 0 Å². The van der Waals surface area contributed by atoms with Crippen molar-refractivity contribution in [1.82, 2.24) is 55.8 Å². The number of aliphatic hydroxyl groups excluding tert-OH is 2. The smallest absolute Gasteiger partial charge is 0.258 e. The van der Waals surface area contributed by atoms with Crippen LogP contribution >= 0.6 is 0 Å². The summed E-state index contributed by atoms with van der Waals surface area (Å²) in [5.74, 6) is 9.12. The minimum absolute atomic E-state index is 0.0439. The molecule has 6 aromatic heterocycles. The Morgan fingerprint density at radius 1 is 0.375 bits per heavy atom. The first-order valence-corrected chi connectivity index (χ1v) is 37.2. The van der Waals surface area contributed by atoms with Gasteiger partial charge in [-0.2, -0.15) is 19.9 Å². The maximum Gasteiger partial charge on any atom is 0.258 e. The highest BCUT2D eigenvalue weighted by Crippen LogP contribution is 2.39. The maximum atomic E-state index is 9.56. The Balaban J connectivity index is 0.000000139. The van der Waals surface area contributed by atoms with Gasteiger partial charge in [-0.1, -0.05) is 112 Å². The number of hydrogen-bond acceptors (Lipinski definition) is 24. The van der Waals surface area contributed by atoms with Crippen LogP contribution in [-0.2, 0) is 13.2 Å². The number of aromatic amines is 1. The number of ether oxygens (including phenoxy) is 8. The quantitative estimate of drug-likeness (QED) is 0.0338. The SMILES string of the molecule is CCOc1ccc(-c2nc(-c3ccc(CO)nc3)no2)cc1OCC.CCOc1ccc(-c2nc(-c3ccc4ccccc4c3)no2)cc1OCC.CCOc1ccc(-c2nc(-c3cccc4[nH]cc(CNC(C)(C)CO)c34)no2)cc1OCC.CCOc1ccc(-c2nc(-c3cccc4ccccc34)no2)cc1OCC. The van der Waals surface area contributed by atoms with Gasteiger partial charge in [-0.25, -0.2) is 0 Å². The van der Waals surface area contributed by atoms with Gasteiger partial charge in [0, 0.05) is 79.9 Å². The van der Waals surface area contributed by atoms with Crippen LogP contribution in [0.5, 0.6) is 46.0 Å². The average molecular weight is 1510 g/mol. The molecule has 4 N–H and O–H groups in total. The molecule has 0 saturated heterocycles. The number of pyridine rings is 1. The van der Waals surface area contributed by atoms with Crippen LogP contribution in [0.1, 0.15) is 80.5 Å². The predicted molar refractivity (Wildman–Crippen MR) is 429 cm³/mol. The van der Waals surface area contributed by atoms with Crippen LogP contribution < -0.4 is 43.2 Å². The lowest BCUT2D eigenvalue weighted by molar-refractivity contribution is 0.187. The molecule has 15 rings (SSSR count). The first-order valence-electron chi connectivity index (χ1n) is 37.2. The second kappa shape index (κ2) is 37.9. The summed E-state index contributed by atoms with van der Waals surface area (Å²) in [6, 6.07) is 60.3. The molecule has 25 nitrogen and oxygen atoms in total. The van der Waals surface area contributed by atoms with E-state index in [9.17, 15) is 5.11 Å². The molecular formula is C87H89N11O14. The predicted octanol–water partition coefficient (Wildman–Crippen LogP) is 18.3. The molecule has 0 amide bonds. The van der Waals surface area contributed by atoms with Crippen molar-refractivity contribution in [2.45, 2.75) is 87.9 Å². The Labute approximate surface area is 647 Å². The van der Waals surface area contributed by atoms with Crippen LogP contribution in [0.25, 0.3) is 124 Å². The third-order valence-corrected chi connectivity index (χ3v) is 17.3. The molecular weight excluding hydrogens is 1420 g/mol. The highest BCUT2D eigenvalue weighted by Gasteiger charge is 2.23. The van der Waals surface area contributed by atoms with E-state index in [4.69, 9.17) is 61.1 Å². The fraction of sp³-hybridized carbons (Fsp3) is 0.253. The van der Waals surface area contributed by atoms with Crippen LogP contribution in [0.3, 0.4) is 0 Å². The van der Waals surface area contributed by atoms with E-state index >= 15 is 0 Å². The molecule has 0 aliphatic heterocycles. The normalized spacial score (nSPS) is 11.1. The van der Waals surface area contributed by atoms with Crippen molar-refractivity contribution in [2.24, 2.45) is 0 Å². The Morgan fingerprint density at radius 3 is 1.23 bits per heavy atom. The number of nitrogens with zero attached hydrogens (tertiary/aromatic N) is 9. The summed E-state index contributed by atoms with van der Waals surface area (Å²) in [6.45, 7) is 24.3. The minimum atomic E-state index is -0.385. The third kappa shape index (κ3) is 19.2. The molecule has 0 atom stereocenters. The summed E-state index contributed by atoms with van der Waals surface area (Å²) in [7, 11) is 0. The zero-order chi connectivity index (χ0) is 78.4. The van der Waals surface area contributed by atoms with Gasteiger partial charge in [-0.15, -0.1) is 0 Å². The highest BCUT2D eigenvalue weighted by molar-refractivity contribution is 5.97. The summed E-state index contributed by atoms with van der Waals surface area (Å²) >= 11 is 0. The average Bonchev–Trinajstić information content (AvgIpc) is 1.64. The van der Waals surface area contributed by atoms with E-state index in [1.54, 1.807) is 18.3 Å². The summed E-state index contributed by atoms with van der Waals surface area (Å²) in [5, 5.41) is 44.2. The Hall–Kier alpha value is -13.0. The van der Waals surface area contributed by atoms with Gasteiger partial charge in [0.2, 0.25) is 23.3 Å². The van der Waals surface area contributed by atoms with Crippen molar-refractivity contribution < 1.29 is 66.2 Å². The van der Waals surface area contributed by atoms with Crippen molar-refractivity contribution in [3.05, 3.63) is 212 Å². The van der Waals surface area contributed by atoms with Gasteiger partial charge in [-0.3, -0.25) is 4.98 Å². The van der Waals surface area contributed by atoms with E-state index in [0.29, 0.717) is 164 Å². The zero-order valence-electron chi connectivity index (χ0n) is 64.1. The molecule has 0 bridgehead atoms. The second-order valence-electron chi connectivity index (χ2n) is 25.5. The maximum absolute atomic E-state index is 9.56. The van der Waals surface area contributed by atoms with Gasteiger partial charge in [-0.05, 0) is 193 Å². The standard InChI is InChI=1S/C25H30N4O4.2C22H20N2O3.C18H19N3O4/c1-5-31-20-11-10-16(12-21(20)32-6-2)24-28-23(29-33-24)18-8-7-9-19-22(18)17(13-26-19)14-27-25(3,4)15-30;1-3-25-19-13-12-16(14-20(19)26-4-2)22-23-21(24-27-22)18-11-7-9-15-8-5-6-10-17(15)18;1-3-25-19-12-11-18(14-20(19)26-4-2)22-23-21(24-27-22)17-10-9-15-7-5-6-8-16(15)13-17;1-3-23-15-8-6-12(9-16(15)24-4-2)18-20-17(21-25-18)13-5-7-14(11-22)19-10-13/h7-13,26-27,30H,5-6,14-15H2,1-4H3;2*5-14H,3-4H2,1-2H3;5-10,22H,3-4,11H2,1-2H3. The van der Waals surface area contributed by atoms with Crippen LogP contribution in [0.15, 0.2) is 219 Å². The monoisotopic (exact) mass is 1510 g/mol. The van der Waals surface area contributed by atoms with Crippen LogP contribution in [-0.4, -0.2) is 126 Å². The Bertz CT molecular complexity index is 5540. The van der Waals surface area contributed by atoms with E-state index in [2.05, 4.69) is 98.3 Å². The molecule has 9 aromatic carbocycles. The number of fused-ring (bicyclic) bond motifs is 3. The molecule has 6 heterocycles. The lowest BCUT2D eigenvalue weighted by atomic mass is 10.0. The first kappa shape index (κ1) is 78.6. The van der Waals surface area contributed by atoms with Crippen LogP contribution in [0.4, 0.5) is 0 Å². The van der Waals surface area contributed by atoms with Crippen LogP contribution in [0, 0.1) is 0 Å². The molecule has 0 radical (unpaired) electrons. The van der Waals surface area contributed by atoms with E-state index in [0.717, 1.165) is 71.6 Å². The van der Waals surface area contributed by atoms with Crippen molar-refractivity contribution in [3.63, 3.8) is 0 Å². The first-order chi connectivity index (χ1) is 54.8. The summed E-state index contributed by atoms with van der Waals surface area (Å²) in [5.41, 5.74) is 8.77. The molecule has 15 aromatic rings. The fourth-order valence-electron chi connectivity index (χ4n) is 11.9. The molecule has 0 fully saturated rings. The lowest BCUT2D eigenvalue weighted by Crippen LogP contribution is -2.42. The third-order valence-electron chi connectivity index (χ3n) is 17.3. The molecule has 0 saturated carbocycles. The van der Waals surface area contributed by atoms with Gasteiger partial charge < -0.3 is 76.5 Å². The molecule has 0 aliphatic carbocycles. The van der Waals surface area contributed by atoms with E-state index in [1.165, 1.54) is 5.39 Å². The zero-order valence-corrected chi connectivity index (χ0v) is 64.1. The number of hydrogen-bond donors (Lipinski definition) is 4. The number of aliphatic hydroxyl groups is 2. The van der Waals surface area contributed by atoms with Gasteiger partial charge in [0.05, 0.1) is 71.8 Å². The number of benzene rings is 9. The molecule has 25 heteroatoms. The van der Waals surface area contributed by atoms with E-state index in [-0.39, 0.29) is 18.8 Å². The molecule has 0 aliphatic rings. The number of aromatic nitrogens is 10. The number of nitrogens with one attached hydrogen (secondary N) is 2. The Morgan fingerprint density at radius 2 is 0.768 bits per heavy atom. The lowest BCUT2D eigenvalue weighted by Gasteiger charge is -2.23. The van der Waals surface area contributed by atoms with Crippen molar-refractivity contribution in [1.29, 1.82) is 0 Å². The summed E-state index contributed by atoms with van der Waals surface area (Å²) < 4.78 is 67.1. The van der Waals surface area contributed by atoms with Crippen molar-refractivity contribution >= 4 is 32.4 Å². The van der Waals surface area contributed by atoms with Gasteiger partial charge in [0.15, 0.2) is 46.0 Å². The highest BCUT2D eigenvalue weighted by atomic mass is 16.5. The van der Waals surface area contributed by atoms with Gasteiger partial charge in [0.1, 0.15) is 0 Å². The molecule has 0 unspecified atom stereocenters. The topological polar surface area (TPSA) is 311 Å². The number of rotatable bonds is 29. The van der Waals surface area contributed by atoms with Crippen molar-refractivity contribution in [2.75, 3.05) is 59.5 Å². The Kier molecular flexibility index (Phi) is 26.6. The van der Waals surface area contributed by atoms with Crippen LogP contribution in [0.2, 0.25) is 0 Å². The molecule has 576 valence electrons. The second-order valence-corrected chi connectivity index (χ2v) is 25.5. The van der Waals surface area contributed by atoms with Gasteiger partial charge in [0.25, 0.3) is 23.6 Å².